The summed E-state index contributed by atoms with van der Waals surface area (Å²) in [6.45, 7) is 2.36. The first kappa shape index (κ1) is 6.99. The Hall–Kier alpha value is -0.120. The molecule has 0 aromatic carbocycles. The molecule has 1 fully saturated rings. The molecule has 1 rings (SSSR count). The van der Waals surface area contributed by atoms with Gasteiger partial charge in [0.05, 0.1) is 0 Å². The van der Waals surface area contributed by atoms with E-state index in [0.29, 0.717) is 6.61 Å². The van der Waals surface area contributed by atoms with Gasteiger partial charge < -0.3 is 14.9 Å². The fourth-order valence-electron chi connectivity index (χ4n) is 1.00. The molecule has 3 heteroatoms. The highest BCUT2D eigenvalue weighted by atomic mass is 16.6. The van der Waals surface area contributed by atoms with E-state index in [9.17, 15) is 0 Å². The van der Waals surface area contributed by atoms with Crippen molar-refractivity contribution in [2.45, 2.75) is 31.7 Å². The summed E-state index contributed by atoms with van der Waals surface area (Å²) in [7, 11) is 0. The van der Waals surface area contributed by atoms with E-state index in [-0.39, 0.29) is 0 Å². The van der Waals surface area contributed by atoms with Gasteiger partial charge in [0.1, 0.15) is 5.60 Å². The minimum atomic E-state index is -1.33. The highest BCUT2D eigenvalue weighted by molar-refractivity contribution is 4.81. The lowest BCUT2D eigenvalue weighted by atomic mass is 10.0. The van der Waals surface area contributed by atoms with Gasteiger partial charge in [-0.05, 0) is 19.8 Å². The Morgan fingerprint density at radius 2 is 2.22 bits per heavy atom. The van der Waals surface area contributed by atoms with Gasteiger partial charge in [-0.2, -0.15) is 0 Å². The van der Waals surface area contributed by atoms with Crippen molar-refractivity contribution in [2.24, 2.45) is 0 Å². The summed E-state index contributed by atoms with van der Waals surface area (Å²) in [6, 6.07) is 0. The molecular weight excluding hydrogens is 120 g/mol. The monoisotopic (exact) mass is 132 g/mol. The molecule has 1 saturated heterocycles. The highest BCUT2D eigenvalue weighted by Gasteiger charge is 2.36. The highest BCUT2D eigenvalue weighted by Crippen LogP contribution is 2.26. The van der Waals surface area contributed by atoms with Crippen LogP contribution in [0.1, 0.15) is 19.8 Å². The van der Waals surface area contributed by atoms with E-state index in [2.05, 4.69) is 0 Å². The van der Waals surface area contributed by atoms with Gasteiger partial charge in [-0.25, -0.2) is 0 Å². The molecule has 0 aromatic rings. The normalized spacial score (nSPS) is 36.0. The second-order valence-electron chi connectivity index (χ2n) is 2.64. The Kier molecular flexibility index (Phi) is 1.75. The second kappa shape index (κ2) is 2.25. The van der Waals surface area contributed by atoms with Crippen LogP contribution in [0, 0.1) is 0 Å². The zero-order valence-corrected chi connectivity index (χ0v) is 5.50. The van der Waals surface area contributed by atoms with Crippen molar-refractivity contribution in [3.05, 3.63) is 0 Å². The maximum absolute atomic E-state index is 8.74. The molecule has 1 unspecified atom stereocenters. The minimum absolute atomic E-state index is 0.647. The molecule has 2 N–H and O–H groups in total. The third-order valence-corrected chi connectivity index (χ3v) is 1.80. The Bertz CT molecular complexity index is 94.5. The number of hydrogen-bond donors (Lipinski definition) is 2. The molecule has 0 saturated carbocycles. The van der Waals surface area contributed by atoms with Crippen molar-refractivity contribution in [1.29, 1.82) is 0 Å². The zero-order valence-electron chi connectivity index (χ0n) is 5.50. The van der Waals surface area contributed by atoms with Crippen molar-refractivity contribution in [3.63, 3.8) is 0 Å². The molecule has 0 spiro atoms. The lowest BCUT2D eigenvalue weighted by Crippen LogP contribution is -2.38. The van der Waals surface area contributed by atoms with Gasteiger partial charge in [0.15, 0.2) is 6.29 Å². The fraction of sp³-hybridized carbons (Fsp3) is 1.00. The average Bonchev–Trinajstić information content (AvgIpc) is 2.16. The Morgan fingerprint density at radius 3 is 2.44 bits per heavy atom. The summed E-state index contributed by atoms with van der Waals surface area (Å²) < 4.78 is 5.10. The lowest BCUT2D eigenvalue weighted by Gasteiger charge is -2.24. The van der Waals surface area contributed by atoms with Crippen LogP contribution in [0.25, 0.3) is 0 Å². The van der Waals surface area contributed by atoms with Crippen LogP contribution >= 0.6 is 0 Å². The van der Waals surface area contributed by atoms with Crippen molar-refractivity contribution < 1.29 is 14.9 Å². The van der Waals surface area contributed by atoms with Crippen LogP contribution in [0.3, 0.4) is 0 Å². The molecule has 54 valence electrons. The second-order valence-corrected chi connectivity index (χ2v) is 2.64. The van der Waals surface area contributed by atoms with Crippen LogP contribution in [-0.2, 0) is 4.74 Å². The quantitative estimate of drug-likeness (QED) is 0.488. The SMILES string of the molecule is CC1(C(O)O)CCCO1. The van der Waals surface area contributed by atoms with Crippen LogP contribution in [0.15, 0.2) is 0 Å². The van der Waals surface area contributed by atoms with E-state index in [0.717, 1.165) is 12.8 Å². The van der Waals surface area contributed by atoms with Crippen LogP contribution in [-0.4, -0.2) is 28.7 Å². The molecular formula is C6H12O3. The van der Waals surface area contributed by atoms with Gasteiger partial charge in [0, 0.05) is 6.61 Å². The van der Waals surface area contributed by atoms with Gasteiger partial charge in [0.25, 0.3) is 0 Å². The van der Waals surface area contributed by atoms with Crippen LogP contribution in [0.5, 0.6) is 0 Å². The van der Waals surface area contributed by atoms with Crippen molar-refractivity contribution in [2.75, 3.05) is 6.61 Å². The average molecular weight is 132 g/mol. The first-order valence-electron chi connectivity index (χ1n) is 3.15. The van der Waals surface area contributed by atoms with Crippen molar-refractivity contribution in [1.82, 2.24) is 0 Å². The van der Waals surface area contributed by atoms with Gasteiger partial charge in [-0.1, -0.05) is 0 Å². The zero-order chi connectivity index (χ0) is 6.91. The summed E-state index contributed by atoms with van der Waals surface area (Å²) in [5.41, 5.74) is -0.694. The van der Waals surface area contributed by atoms with Gasteiger partial charge >= 0.3 is 0 Å². The largest absolute Gasteiger partial charge is 0.370 e. The van der Waals surface area contributed by atoms with E-state index < -0.39 is 11.9 Å². The van der Waals surface area contributed by atoms with E-state index in [1.54, 1.807) is 6.92 Å². The standard InChI is InChI=1S/C6H12O3/c1-6(5(7)8)3-2-4-9-6/h5,7-8H,2-4H2,1H3. The van der Waals surface area contributed by atoms with Crippen LogP contribution < -0.4 is 0 Å². The first-order valence-corrected chi connectivity index (χ1v) is 3.15. The molecule has 0 bridgehead atoms. The summed E-state index contributed by atoms with van der Waals surface area (Å²) >= 11 is 0. The molecule has 0 aromatic heterocycles. The Balaban J connectivity index is 2.51. The molecule has 0 aliphatic carbocycles. The molecule has 1 aliphatic rings. The lowest BCUT2D eigenvalue weighted by molar-refractivity contribution is -0.180. The van der Waals surface area contributed by atoms with Crippen LogP contribution in [0.2, 0.25) is 0 Å². The summed E-state index contributed by atoms with van der Waals surface area (Å²) in [6.07, 6.45) is 0.332. The number of aliphatic hydroxyl groups excluding tert-OH is 1. The van der Waals surface area contributed by atoms with Crippen molar-refractivity contribution in [3.8, 4) is 0 Å². The van der Waals surface area contributed by atoms with Gasteiger partial charge in [-0.15, -0.1) is 0 Å². The molecule has 0 radical (unpaired) electrons. The smallest absolute Gasteiger partial charge is 0.181 e. The molecule has 1 aliphatic heterocycles. The van der Waals surface area contributed by atoms with Crippen LogP contribution in [0.4, 0.5) is 0 Å². The molecule has 1 heterocycles. The first-order chi connectivity index (χ1) is 4.15. The van der Waals surface area contributed by atoms with E-state index in [1.807, 2.05) is 0 Å². The topological polar surface area (TPSA) is 49.7 Å². The molecule has 0 amide bonds. The van der Waals surface area contributed by atoms with Gasteiger partial charge in [-0.3, -0.25) is 0 Å². The number of hydrogen-bond acceptors (Lipinski definition) is 3. The maximum Gasteiger partial charge on any atom is 0.181 e. The predicted molar refractivity (Wildman–Crippen MR) is 31.8 cm³/mol. The van der Waals surface area contributed by atoms with E-state index in [4.69, 9.17) is 14.9 Å². The molecule has 3 nitrogen and oxygen atoms in total. The van der Waals surface area contributed by atoms with Gasteiger partial charge in [0.2, 0.25) is 0 Å². The maximum atomic E-state index is 8.74. The minimum Gasteiger partial charge on any atom is -0.370 e. The summed E-state index contributed by atoms with van der Waals surface area (Å²) in [5, 5.41) is 17.5. The predicted octanol–water partition coefficient (Wildman–Crippen LogP) is -0.134. The van der Waals surface area contributed by atoms with Crippen molar-refractivity contribution >= 4 is 0 Å². The molecule has 9 heavy (non-hydrogen) atoms. The third kappa shape index (κ3) is 1.23. The third-order valence-electron chi connectivity index (χ3n) is 1.80. The van der Waals surface area contributed by atoms with E-state index >= 15 is 0 Å². The summed E-state index contributed by atoms with van der Waals surface area (Å²) in [5.74, 6) is 0. The fourth-order valence-corrected chi connectivity index (χ4v) is 1.00. The Labute approximate surface area is 54.3 Å². The summed E-state index contributed by atoms with van der Waals surface area (Å²) in [4.78, 5) is 0. The number of rotatable bonds is 1. The molecule has 1 atom stereocenters. The van der Waals surface area contributed by atoms with E-state index in [1.165, 1.54) is 0 Å². The Morgan fingerprint density at radius 1 is 1.56 bits per heavy atom. The number of aliphatic hydroxyl groups is 2. The number of ether oxygens (including phenoxy) is 1.